The van der Waals surface area contributed by atoms with Gasteiger partial charge in [-0.05, 0) is 55.5 Å². The van der Waals surface area contributed by atoms with Crippen LogP contribution in [0.1, 0.15) is 27.8 Å². The minimum absolute atomic E-state index is 0.0150. The molecule has 0 atom stereocenters. The maximum atomic E-state index is 12.5. The van der Waals surface area contributed by atoms with Gasteiger partial charge >= 0.3 is 0 Å². The monoisotopic (exact) mass is 391 g/mol. The summed E-state index contributed by atoms with van der Waals surface area (Å²) in [5, 5.41) is 5.96. The van der Waals surface area contributed by atoms with Crippen LogP contribution in [-0.4, -0.2) is 30.9 Å². The zero-order valence-corrected chi connectivity index (χ0v) is 16.4. The molecular weight excluding hydrogens is 370 g/mol. The van der Waals surface area contributed by atoms with Crippen molar-refractivity contribution in [3.63, 3.8) is 0 Å². The second-order valence-electron chi connectivity index (χ2n) is 6.21. The highest BCUT2D eigenvalue weighted by Crippen LogP contribution is 2.29. The summed E-state index contributed by atoms with van der Waals surface area (Å²) in [5.74, 6) is 0.769. The van der Waals surface area contributed by atoms with Crippen molar-refractivity contribution in [2.75, 3.05) is 24.9 Å². The fraction of sp³-hybridized carbons (Fsp3) is 0.136. The third-order valence-electron chi connectivity index (χ3n) is 4.23. The molecule has 0 unspecified atom stereocenters. The van der Waals surface area contributed by atoms with E-state index in [1.54, 1.807) is 55.8 Å². The molecule has 2 aromatic carbocycles. The molecule has 7 nitrogen and oxygen atoms in total. The lowest BCUT2D eigenvalue weighted by atomic mass is 10.1. The number of pyridine rings is 1. The molecule has 148 valence electrons. The fourth-order valence-electron chi connectivity index (χ4n) is 2.66. The molecule has 0 saturated heterocycles. The Morgan fingerprint density at radius 3 is 2.21 bits per heavy atom. The van der Waals surface area contributed by atoms with Gasteiger partial charge in [0.2, 0.25) is 0 Å². The van der Waals surface area contributed by atoms with Crippen molar-refractivity contribution in [2.45, 2.75) is 6.92 Å². The van der Waals surface area contributed by atoms with E-state index < -0.39 is 0 Å². The summed E-state index contributed by atoms with van der Waals surface area (Å²) < 4.78 is 10.5. The summed E-state index contributed by atoms with van der Waals surface area (Å²) in [5.41, 5.74) is 2.93. The number of Topliss-reactive ketones (excluding diaryl/α,β-unsaturated/α-hetero) is 1. The molecule has 1 heterocycles. The largest absolute Gasteiger partial charge is 0.497 e. The minimum Gasteiger partial charge on any atom is -0.497 e. The van der Waals surface area contributed by atoms with E-state index in [2.05, 4.69) is 15.6 Å². The number of hydrogen-bond acceptors (Lipinski definition) is 6. The number of carbonyl (C=O) groups is 2. The Hall–Kier alpha value is -3.87. The van der Waals surface area contributed by atoms with Crippen molar-refractivity contribution in [3.05, 3.63) is 72.1 Å². The summed E-state index contributed by atoms with van der Waals surface area (Å²) in [6, 6.07) is 15.6. The van der Waals surface area contributed by atoms with Crippen LogP contribution in [0.4, 0.5) is 17.1 Å². The topological polar surface area (TPSA) is 89.5 Å². The van der Waals surface area contributed by atoms with Crippen LogP contribution in [0.3, 0.4) is 0 Å². The summed E-state index contributed by atoms with van der Waals surface area (Å²) in [6.45, 7) is 1.53. The summed E-state index contributed by atoms with van der Waals surface area (Å²) in [4.78, 5) is 28.1. The van der Waals surface area contributed by atoms with Crippen molar-refractivity contribution in [3.8, 4) is 11.5 Å². The van der Waals surface area contributed by atoms with Crippen LogP contribution < -0.4 is 20.1 Å². The van der Waals surface area contributed by atoms with Crippen LogP contribution in [0.5, 0.6) is 11.5 Å². The Morgan fingerprint density at radius 2 is 1.62 bits per heavy atom. The Labute approximate surface area is 168 Å². The van der Waals surface area contributed by atoms with Gasteiger partial charge in [-0.15, -0.1) is 0 Å². The molecule has 0 radical (unpaired) electrons. The molecule has 0 aliphatic carbocycles. The molecule has 3 rings (SSSR count). The maximum Gasteiger partial charge on any atom is 0.274 e. The first kappa shape index (κ1) is 19.9. The van der Waals surface area contributed by atoms with Gasteiger partial charge < -0.3 is 20.1 Å². The first-order valence-electron chi connectivity index (χ1n) is 8.87. The quantitative estimate of drug-likeness (QED) is 0.584. The molecule has 29 heavy (non-hydrogen) atoms. The Balaban J connectivity index is 1.69. The number of methoxy groups -OCH3 is 2. The fourth-order valence-corrected chi connectivity index (χ4v) is 2.66. The molecule has 2 N–H and O–H groups in total. The van der Waals surface area contributed by atoms with E-state index in [9.17, 15) is 9.59 Å². The molecule has 1 aromatic heterocycles. The third-order valence-corrected chi connectivity index (χ3v) is 4.23. The van der Waals surface area contributed by atoms with Gasteiger partial charge in [0.25, 0.3) is 5.91 Å². The van der Waals surface area contributed by atoms with Crippen molar-refractivity contribution >= 4 is 28.8 Å². The Morgan fingerprint density at radius 1 is 0.897 bits per heavy atom. The average Bonchev–Trinajstić information content (AvgIpc) is 2.74. The smallest absolute Gasteiger partial charge is 0.274 e. The van der Waals surface area contributed by atoms with E-state index in [0.717, 1.165) is 11.4 Å². The number of aromatic nitrogens is 1. The molecule has 0 aliphatic rings. The predicted molar refractivity (Wildman–Crippen MR) is 111 cm³/mol. The lowest BCUT2D eigenvalue weighted by molar-refractivity contribution is 0.101. The lowest BCUT2D eigenvalue weighted by Gasteiger charge is -2.12. The number of ketones is 1. The molecule has 0 bridgehead atoms. The SMILES string of the molecule is COc1ccc(OC)c(NC(=O)c2ccc(Nc3ccc(C(C)=O)cc3)cn2)c1. The number of nitrogens with zero attached hydrogens (tertiary/aromatic N) is 1. The maximum absolute atomic E-state index is 12.5. The van der Waals surface area contributed by atoms with Gasteiger partial charge in [-0.3, -0.25) is 9.59 Å². The van der Waals surface area contributed by atoms with Crippen LogP contribution in [-0.2, 0) is 0 Å². The molecule has 3 aromatic rings. The second kappa shape index (κ2) is 8.88. The summed E-state index contributed by atoms with van der Waals surface area (Å²) in [6.07, 6.45) is 1.57. The highest BCUT2D eigenvalue weighted by molar-refractivity contribution is 6.04. The molecule has 0 saturated carbocycles. The van der Waals surface area contributed by atoms with Crippen LogP contribution >= 0.6 is 0 Å². The number of amides is 1. The van der Waals surface area contributed by atoms with E-state index in [1.807, 2.05) is 12.1 Å². The van der Waals surface area contributed by atoms with Gasteiger partial charge in [-0.1, -0.05) is 0 Å². The van der Waals surface area contributed by atoms with Crippen LogP contribution in [0.25, 0.3) is 0 Å². The van der Waals surface area contributed by atoms with Gasteiger partial charge in [0, 0.05) is 17.3 Å². The number of rotatable bonds is 7. The number of carbonyl (C=O) groups excluding carboxylic acids is 2. The van der Waals surface area contributed by atoms with E-state index in [-0.39, 0.29) is 17.4 Å². The number of anilines is 3. The molecule has 0 spiro atoms. The number of nitrogens with one attached hydrogen (secondary N) is 2. The second-order valence-corrected chi connectivity index (χ2v) is 6.21. The van der Waals surface area contributed by atoms with Crippen LogP contribution in [0, 0.1) is 0 Å². The highest BCUT2D eigenvalue weighted by atomic mass is 16.5. The van der Waals surface area contributed by atoms with Crippen molar-refractivity contribution in [2.24, 2.45) is 0 Å². The van der Waals surface area contributed by atoms with E-state index in [1.165, 1.54) is 14.0 Å². The van der Waals surface area contributed by atoms with Gasteiger partial charge in [0.1, 0.15) is 17.2 Å². The van der Waals surface area contributed by atoms with E-state index in [4.69, 9.17) is 9.47 Å². The molecule has 0 fully saturated rings. The molecule has 7 heteroatoms. The van der Waals surface area contributed by atoms with E-state index >= 15 is 0 Å². The summed E-state index contributed by atoms with van der Waals surface area (Å²) in [7, 11) is 3.08. The van der Waals surface area contributed by atoms with E-state index in [0.29, 0.717) is 22.7 Å². The van der Waals surface area contributed by atoms with Gasteiger partial charge in [0.05, 0.1) is 31.8 Å². The molecular formula is C22H21N3O4. The lowest BCUT2D eigenvalue weighted by Crippen LogP contribution is -2.14. The zero-order chi connectivity index (χ0) is 20.8. The van der Waals surface area contributed by atoms with Crippen LogP contribution in [0.15, 0.2) is 60.8 Å². The van der Waals surface area contributed by atoms with Crippen molar-refractivity contribution in [1.29, 1.82) is 0 Å². The summed E-state index contributed by atoms with van der Waals surface area (Å²) >= 11 is 0. The normalized spacial score (nSPS) is 10.2. The highest BCUT2D eigenvalue weighted by Gasteiger charge is 2.12. The third kappa shape index (κ3) is 4.90. The van der Waals surface area contributed by atoms with Gasteiger partial charge in [-0.25, -0.2) is 4.98 Å². The number of ether oxygens (including phenoxy) is 2. The number of benzene rings is 2. The van der Waals surface area contributed by atoms with Gasteiger partial charge in [0.15, 0.2) is 5.78 Å². The first-order valence-corrected chi connectivity index (χ1v) is 8.87. The van der Waals surface area contributed by atoms with Crippen molar-refractivity contribution in [1.82, 2.24) is 4.98 Å². The predicted octanol–water partition coefficient (Wildman–Crippen LogP) is 4.30. The zero-order valence-electron chi connectivity index (χ0n) is 16.4. The van der Waals surface area contributed by atoms with Crippen molar-refractivity contribution < 1.29 is 19.1 Å². The van der Waals surface area contributed by atoms with Crippen LogP contribution in [0.2, 0.25) is 0 Å². The number of hydrogen-bond donors (Lipinski definition) is 2. The van der Waals surface area contributed by atoms with Gasteiger partial charge in [-0.2, -0.15) is 0 Å². The minimum atomic E-state index is -0.367. The molecule has 1 amide bonds. The Bertz CT molecular complexity index is 1020. The first-order chi connectivity index (χ1) is 14.0. The average molecular weight is 391 g/mol. The Kier molecular flexibility index (Phi) is 6.09. The standard InChI is InChI=1S/C22H21N3O4/c1-14(26)15-4-6-16(7-5-15)24-17-8-10-19(23-13-17)22(27)25-20-12-18(28-2)9-11-21(20)29-3/h4-13,24H,1-3H3,(H,25,27). The molecule has 0 aliphatic heterocycles.